The average Bonchev–Trinajstić information content (AvgIpc) is 2.35. The molecule has 0 saturated carbocycles. The standard InChI is InChI=1S/C15H21NO5/c1-15(2,3)8-13(17)16-10-7-12(21-5)11(20-4)6-9(10)14(18)19/h6-7H,8H2,1-5H3,(H,16,17)(H,18,19)/p-1. The van der Waals surface area contributed by atoms with E-state index in [1.54, 1.807) is 0 Å². The first-order chi connectivity index (χ1) is 9.67. The van der Waals surface area contributed by atoms with Crippen molar-refractivity contribution < 1.29 is 24.2 Å². The molecule has 0 bridgehead atoms. The number of methoxy groups -OCH3 is 2. The van der Waals surface area contributed by atoms with Gasteiger partial charge in [0.2, 0.25) is 5.91 Å². The molecule has 1 rings (SSSR count). The topological polar surface area (TPSA) is 87.7 Å². The van der Waals surface area contributed by atoms with E-state index < -0.39 is 5.97 Å². The summed E-state index contributed by atoms with van der Waals surface area (Å²) < 4.78 is 10.1. The highest BCUT2D eigenvalue weighted by Gasteiger charge is 2.18. The molecule has 6 nitrogen and oxygen atoms in total. The van der Waals surface area contributed by atoms with E-state index in [1.165, 1.54) is 26.4 Å². The van der Waals surface area contributed by atoms with Crippen LogP contribution in [0.5, 0.6) is 11.5 Å². The Bertz CT molecular complexity index is 546. The van der Waals surface area contributed by atoms with Gasteiger partial charge in [0.15, 0.2) is 11.5 Å². The Hall–Kier alpha value is -2.24. The van der Waals surface area contributed by atoms with E-state index in [0.29, 0.717) is 5.75 Å². The molecule has 0 saturated heterocycles. The summed E-state index contributed by atoms with van der Waals surface area (Å²) in [7, 11) is 2.83. The predicted octanol–water partition coefficient (Wildman–Crippen LogP) is 1.44. The smallest absolute Gasteiger partial charge is 0.224 e. The summed E-state index contributed by atoms with van der Waals surface area (Å²) in [5, 5.41) is 13.8. The number of amides is 1. The Morgan fingerprint density at radius 1 is 1.14 bits per heavy atom. The quantitative estimate of drug-likeness (QED) is 0.887. The van der Waals surface area contributed by atoms with Crippen molar-refractivity contribution in [3.8, 4) is 11.5 Å². The first-order valence-electron chi connectivity index (χ1n) is 6.45. The van der Waals surface area contributed by atoms with Crippen LogP contribution >= 0.6 is 0 Å². The molecule has 0 aliphatic carbocycles. The number of benzene rings is 1. The van der Waals surface area contributed by atoms with Crippen LogP contribution in [-0.4, -0.2) is 26.1 Å². The van der Waals surface area contributed by atoms with Gasteiger partial charge in [0.05, 0.1) is 25.9 Å². The molecule has 0 spiro atoms. The monoisotopic (exact) mass is 294 g/mol. The molecule has 0 aromatic heterocycles. The lowest BCUT2D eigenvalue weighted by Gasteiger charge is -2.20. The first kappa shape index (κ1) is 16.8. The van der Waals surface area contributed by atoms with Crippen LogP contribution in [0.25, 0.3) is 0 Å². The third-order valence-electron chi connectivity index (χ3n) is 2.71. The number of ether oxygens (including phenoxy) is 2. The Balaban J connectivity index is 3.15. The van der Waals surface area contributed by atoms with E-state index in [-0.39, 0.29) is 34.7 Å². The Morgan fingerprint density at radius 2 is 1.67 bits per heavy atom. The van der Waals surface area contributed by atoms with Gasteiger partial charge in [-0.05, 0) is 11.5 Å². The van der Waals surface area contributed by atoms with Crippen LogP contribution in [0.15, 0.2) is 12.1 Å². The van der Waals surface area contributed by atoms with E-state index in [4.69, 9.17) is 9.47 Å². The van der Waals surface area contributed by atoms with Crippen molar-refractivity contribution in [2.45, 2.75) is 27.2 Å². The number of anilines is 1. The highest BCUT2D eigenvalue weighted by atomic mass is 16.5. The van der Waals surface area contributed by atoms with E-state index in [2.05, 4.69) is 5.32 Å². The van der Waals surface area contributed by atoms with Gasteiger partial charge in [-0.1, -0.05) is 20.8 Å². The zero-order valence-corrected chi connectivity index (χ0v) is 12.9. The molecule has 0 heterocycles. The Labute approximate surface area is 124 Å². The third kappa shape index (κ3) is 4.66. The number of rotatable bonds is 5. The van der Waals surface area contributed by atoms with Gasteiger partial charge in [-0.3, -0.25) is 4.79 Å². The number of hydrogen-bond donors (Lipinski definition) is 1. The molecule has 1 aromatic carbocycles. The SMILES string of the molecule is COc1cc(NC(=O)CC(C)(C)C)c(C(=O)[O-])cc1OC. The maximum absolute atomic E-state index is 12.0. The number of hydrogen-bond acceptors (Lipinski definition) is 5. The molecule has 1 aromatic rings. The summed E-state index contributed by atoms with van der Waals surface area (Å²) in [6, 6.07) is 2.67. The van der Waals surface area contributed by atoms with Crippen molar-refractivity contribution in [1.29, 1.82) is 0 Å². The van der Waals surface area contributed by atoms with E-state index in [1.807, 2.05) is 20.8 Å². The van der Waals surface area contributed by atoms with E-state index in [9.17, 15) is 14.7 Å². The first-order valence-corrected chi connectivity index (χ1v) is 6.45. The Kier molecular flexibility index (Phi) is 5.18. The fraction of sp³-hybridized carbons (Fsp3) is 0.467. The molecule has 0 atom stereocenters. The molecule has 0 fully saturated rings. The van der Waals surface area contributed by atoms with Crippen molar-refractivity contribution in [3.63, 3.8) is 0 Å². The van der Waals surface area contributed by atoms with Gasteiger partial charge in [0.1, 0.15) is 0 Å². The molecule has 0 radical (unpaired) electrons. The van der Waals surface area contributed by atoms with Crippen LogP contribution in [0.4, 0.5) is 5.69 Å². The van der Waals surface area contributed by atoms with Crippen molar-refractivity contribution >= 4 is 17.6 Å². The van der Waals surface area contributed by atoms with Gasteiger partial charge in [-0.2, -0.15) is 0 Å². The van der Waals surface area contributed by atoms with Gasteiger partial charge in [0.25, 0.3) is 0 Å². The van der Waals surface area contributed by atoms with Gasteiger partial charge in [-0.25, -0.2) is 0 Å². The summed E-state index contributed by atoms with van der Waals surface area (Å²) in [6.07, 6.45) is 0.258. The minimum atomic E-state index is -1.40. The second kappa shape index (κ2) is 6.47. The van der Waals surface area contributed by atoms with Crippen molar-refractivity contribution in [2.75, 3.05) is 19.5 Å². The molecule has 6 heteroatoms. The molecule has 116 valence electrons. The second-order valence-electron chi connectivity index (χ2n) is 5.83. The fourth-order valence-corrected chi connectivity index (χ4v) is 1.83. The normalized spacial score (nSPS) is 10.9. The lowest BCUT2D eigenvalue weighted by Crippen LogP contribution is -2.26. The zero-order chi connectivity index (χ0) is 16.2. The van der Waals surface area contributed by atoms with Crippen LogP contribution in [-0.2, 0) is 4.79 Å². The van der Waals surface area contributed by atoms with Crippen LogP contribution in [0.2, 0.25) is 0 Å². The number of aromatic carboxylic acids is 1. The molecular weight excluding hydrogens is 274 g/mol. The number of carbonyl (C=O) groups excluding carboxylic acids is 2. The summed E-state index contributed by atoms with van der Waals surface area (Å²) in [6.45, 7) is 5.75. The summed E-state index contributed by atoms with van der Waals surface area (Å²) in [5.41, 5.74) is -0.237. The maximum Gasteiger partial charge on any atom is 0.224 e. The van der Waals surface area contributed by atoms with Crippen molar-refractivity contribution in [1.82, 2.24) is 0 Å². The molecule has 0 unspecified atom stereocenters. The van der Waals surface area contributed by atoms with Gasteiger partial charge in [-0.15, -0.1) is 0 Å². The van der Waals surface area contributed by atoms with Crippen LogP contribution < -0.4 is 19.9 Å². The minimum absolute atomic E-state index is 0.127. The predicted molar refractivity (Wildman–Crippen MR) is 76.6 cm³/mol. The largest absolute Gasteiger partial charge is 0.545 e. The summed E-state index contributed by atoms with van der Waals surface area (Å²) in [4.78, 5) is 23.2. The number of carboxylic acid groups (broad SMARTS) is 1. The van der Waals surface area contributed by atoms with Crippen LogP contribution in [0.1, 0.15) is 37.6 Å². The third-order valence-corrected chi connectivity index (χ3v) is 2.71. The average molecular weight is 294 g/mol. The van der Waals surface area contributed by atoms with E-state index in [0.717, 1.165) is 0 Å². The zero-order valence-electron chi connectivity index (χ0n) is 12.9. The molecule has 0 aliphatic rings. The lowest BCUT2D eigenvalue weighted by molar-refractivity contribution is -0.254. The van der Waals surface area contributed by atoms with Gasteiger partial charge in [0, 0.05) is 18.1 Å². The van der Waals surface area contributed by atoms with Crippen molar-refractivity contribution in [2.24, 2.45) is 5.41 Å². The summed E-state index contributed by atoms with van der Waals surface area (Å²) >= 11 is 0. The molecule has 21 heavy (non-hydrogen) atoms. The molecule has 0 aliphatic heterocycles. The van der Waals surface area contributed by atoms with Gasteiger partial charge < -0.3 is 24.7 Å². The maximum atomic E-state index is 12.0. The number of carbonyl (C=O) groups is 2. The van der Waals surface area contributed by atoms with Crippen LogP contribution in [0, 0.1) is 5.41 Å². The molecule has 1 amide bonds. The Morgan fingerprint density at radius 3 is 2.10 bits per heavy atom. The molecule has 1 N–H and O–H groups in total. The van der Waals surface area contributed by atoms with E-state index >= 15 is 0 Å². The summed E-state index contributed by atoms with van der Waals surface area (Å²) in [5.74, 6) is -1.10. The highest BCUT2D eigenvalue weighted by Crippen LogP contribution is 2.33. The van der Waals surface area contributed by atoms with Crippen molar-refractivity contribution in [3.05, 3.63) is 17.7 Å². The fourth-order valence-electron chi connectivity index (χ4n) is 1.83. The number of carboxylic acids is 1. The minimum Gasteiger partial charge on any atom is -0.545 e. The number of nitrogens with one attached hydrogen (secondary N) is 1. The molecular formula is C15H20NO5-. The second-order valence-corrected chi connectivity index (χ2v) is 5.83. The lowest BCUT2D eigenvalue weighted by atomic mass is 9.92. The van der Waals surface area contributed by atoms with Crippen LogP contribution in [0.3, 0.4) is 0 Å². The van der Waals surface area contributed by atoms with Gasteiger partial charge >= 0.3 is 0 Å². The highest BCUT2D eigenvalue weighted by molar-refractivity contribution is 6.00.